The van der Waals surface area contributed by atoms with Gasteiger partial charge < -0.3 is 10.2 Å². The maximum atomic E-state index is 11.0. The van der Waals surface area contributed by atoms with Crippen molar-refractivity contribution < 1.29 is 17.8 Å². The summed E-state index contributed by atoms with van der Waals surface area (Å²) in [6, 6.07) is 0.164. The van der Waals surface area contributed by atoms with Gasteiger partial charge in [-0.05, 0) is 39.4 Å². The lowest BCUT2D eigenvalue weighted by Crippen LogP contribution is -2.33. The molecule has 0 fully saturated rings. The van der Waals surface area contributed by atoms with Crippen LogP contribution in [0.2, 0.25) is 0 Å². The standard InChI is InChI=1S/C11H22N2O4S/c1-4-11(14)12-8-7-10(13(2)3)6-5-9-18(15,16)17/h4,10H,1,5-9H2,2-3H3,(H,12,14)(H,15,16,17). The molecule has 0 saturated heterocycles. The molecule has 1 atom stereocenters. The molecule has 7 heteroatoms. The van der Waals surface area contributed by atoms with Crippen LogP contribution in [0.1, 0.15) is 19.3 Å². The number of amides is 1. The van der Waals surface area contributed by atoms with E-state index in [2.05, 4.69) is 11.9 Å². The summed E-state index contributed by atoms with van der Waals surface area (Å²) in [5, 5.41) is 2.67. The first-order chi connectivity index (χ1) is 8.26. The summed E-state index contributed by atoms with van der Waals surface area (Å²) in [5.74, 6) is -0.443. The highest BCUT2D eigenvalue weighted by atomic mass is 32.2. The Morgan fingerprint density at radius 2 is 2.06 bits per heavy atom. The third kappa shape index (κ3) is 9.15. The number of carbonyl (C=O) groups excluding carboxylic acids is 1. The van der Waals surface area contributed by atoms with E-state index in [9.17, 15) is 13.2 Å². The normalized spacial score (nSPS) is 13.3. The van der Waals surface area contributed by atoms with E-state index in [0.29, 0.717) is 19.4 Å². The van der Waals surface area contributed by atoms with E-state index in [4.69, 9.17) is 4.55 Å². The molecule has 0 spiro atoms. The SMILES string of the molecule is C=CC(=O)NCCC(CCCS(=O)(=O)O)N(C)C. The highest BCUT2D eigenvalue weighted by Crippen LogP contribution is 2.08. The van der Waals surface area contributed by atoms with Crippen LogP contribution in [0, 0.1) is 0 Å². The maximum absolute atomic E-state index is 11.0. The fourth-order valence-electron chi connectivity index (χ4n) is 1.60. The Labute approximate surface area is 109 Å². The molecular formula is C11H22N2O4S. The van der Waals surface area contributed by atoms with Crippen LogP contribution in [0.3, 0.4) is 0 Å². The minimum absolute atomic E-state index is 0.164. The summed E-state index contributed by atoms with van der Waals surface area (Å²) >= 11 is 0. The summed E-state index contributed by atoms with van der Waals surface area (Å²) in [5.41, 5.74) is 0. The first kappa shape index (κ1) is 17.1. The van der Waals surface area contributed by atoms with Crippen molar-refractivity contribution in [3.63, 3.8) is 0 Å². The quantitative estimate of drug-likeness (QED) is 0.467. The molecule has 0 rings (SSSR count). The van der Waals surface area contributed by atoms with E-state index < -0.39 is 10.1 Å². The zero-order chi connectivity index (χ0) is 14.2. The first-order valence-electron chi connectivity index (χ1n) is 5.78. The molecule has 0 aliphatic heterocycles. The van der Waals surface area contributed by atoms with Crippen molar-refractivity contribution in [3.05, 3.63) is 12.7 Å². The molecule has 0 aromatic carbocycles. The molecule has 0 aromatic rings. The largest absolute Gasteiger partial charge is 0.353 e. The second kappa shape index (κ2) is 8.23. The van der Waals surface area contributed by atoms with Gasteiger partial charge in [0.25, 0.3) is 10.1 Å². The molecule has 0 heterocycles. The van der Waals surface area contributed by atoms with Crippen LogP contribution in [-0.2, 0) is 14.9 Å². The molecule has 2 N–H and O–H groups in total. The van der Waals surface area contributed by atoms with E-state index in [1.54, 1.807) is 0 Å². The molecule has 18 heavy (non-hydrogen) atoms. The fourth-order valence-corrected chi connectivity index (χ4v) is 2.13. The van der Waals surface area contributed by atoms with E-state index in [1.165, 1.54) is 6.08 Å². The summed E-state index contributed by atoms with van der Waals surface area (Å²) in [6.45, 7) is 3.87. The van der Waals surface area contributed by atoms with Crippen LogP contribution >= 0.6 is 0 Å². The zero-order valence-electron chi connectivity index (χ0n) is 10.9. The van der Waals surface area contributed by atoms with Gasteiger partial charge in [0.15, 0.2) is 0 Å². The molecule has 0 bridgehead atoms. The topological polar surface area (TPSA) is 86.7 Å². The van der Waals surface area contributed by atoms with Crippen LogP contribution in [0.25, 0.3) is 0 Å². The molecule has 0 radical (unpaired) electrons. The Bertz CT molecular complexity index is 365. The van der Waals surface area contributed by atoms with Gasteiger partial charge in [-0.1, -0.05) is 6.58 Å². The molecule has 106 valence electrons. The van der Waals surface area contributed by atoms with Crippen LogP contribution < -0.4 is 5.32 Å². The van der Waals surface area contributed by atoms with Gasteiger partial charge in [-0.2, -0.15) is 8.42 Å². The number of nitrogens with one attached hydrogen (secondary N) is 1. The Kier molecular flexibility index (Phi) is 7.81. The maximum Gasteiger partial charge on any atom is 0.264 e. The Balaban J connectivity index is 4.00. The van der Waals surface area contributed by atoms with E-state index in [0.717, 1.165) is 6.42 Å². The summed E-state index contributed by atoms with van der Waals surface area (Å²) in [4.78, 5) is 12.9. The van der Waals surface area contributed by atoms with Crippen LogP contribution in [-0.4, -0.2) is 56.2 Å². The summed E-state index contributed by atoms with van der Waals surface area (Å²) in [7, 11) is -0.0924. The number of carbonyl (C=O) groups is 1. The third-order valence-electron chi connectivity index (χ3n) is 2.63. The van der Waals surface area contributed by atoms with E-state index in [1.807, 2.05) is 19.0 Å². The second-order valence-electron chi connectivity index (χ2n) is 4.33. The zero-order valence-corrected chi connectivity index (χ0v) is 11.7. The van der Waals surface area contributed by atoms with Gasteiger partial charge in [0.1, 0.15) is 0 Å². The lowest BCUT2D eigenvalue weighted by Gasteiger charge is -2.24. The van der Waals surface area contributed by atoms with Crippen molar-refractivity contribution in [2.45, 2.75) is 25.3 Å². The average Bonchev–Trinajstić information content (AvgIpc) is 2.24. The molecule has 6 nitrogen and oxygen atoms in total. The predicted octanol–water partition coefficient (Wildman–Crippen LogP) is 0.277. The second-order valence-corrected chi connectivity index (χ2v) is 5.90. The number of nitrogens with zero attached hydrogens (tertiary/aromatic N) is 1. The molecule has 1 unspecified atom stereocenters. The Morgan fingerprint density at radius 3 is 2.50 bits per heavy atom. The number of hydrogen-bond acceptors (Lipinski definition) is 4. The Morgan fingerprint density at radius 1 is 1.44 bits per heavy atom. The molecular weight excluding hydrogens is 256 g/mol. The highest BCUT2D eigenvalue weighted by molar-refractivity contribution is 7.85. The lowest BCUT2D eigenvalue weighted by molar-refractivity contribution is -0.116. The van der Waals surface area contributed by atoms with Crippen LogP contribution in [0.15, 0.2) is 12.7 Å². The molecule has 0 aromatic heterocycles. The monoisotopic (exact) mass is 278 g/mol. The minimum atomic E-state index is -3.88. The van der Waals surface area contributed by atoms with Gasteiger partial charge in [-0.3, -0.25) is 9.35 Å². The number of rotatable bonds is 9. The van der Waals surface area contributed by atoms with E-state index in [-0.39, 0.29) is 17.7 Å². The van der Waals surface area contributed by atoms with Crippen molar-refractivity contribution in [1.82, 2.24) is 10.2 Å². The molecule has 0 saturated carbocycles. The average molecular weight is 278 g/mol. The van der Waals surface area contributed by atoms with Crippen molar-refractivity contribution >= 4 is 16.0 Å². The smallest absolute Gasteiger partial charge is 0.264 e. The van der Waals surface area contributed by atoms with Gasteiger partial charge in [-0.25, -0.2) is 0 Å². The highest BCUT2D eigenvalue weighted by Gasteiger charge is 2.13. The first-order valence-corrected chi connectivity index (χ1v) is 7.39. The Hall–Kier alpha value is -0.920. The van der Waals surface area contributed by atoms with Crippen LogP contribution in [0.4, 0.5) is 0 Å². The minimum Gasteiger partial charge on any atom is -0.353 e. The van der Waals surface area contributed by atoms with Crippen molar-refractivity contribution in [3.8, 4) is 0 Å². The summed E-state index contributed by atoms with van der Waals surface area (Å²) < 4.78 is 29.8. The summed E-state index contributed by atoms with van der Waals surface area (Å²) in [6.07, 6.45) is 2.98. The lowest BCUT2D eigenvalue weighted by atomic mass is 10.1. The van der Waals surface area contributed by atoms with Gasteiger partial charge in [0.05, 0.1) is 5.75 Å². The molecule has 1 amide bonds. The van der Waals surface area contributed by atoms with Gasteiger partial charge in [-0.15, -0.1) is 0 Å². The van der Waals surface area contributed by atoms with Gasteiger partial charge >= 0.3 is 0 Å². The van der Waals surface area contributed by atoms with Crippen molar-refractivity contribution in [2.24, 2.45) is 0 Å². The fraction of sp³-hybridized carbons (Fsp3) is 0.727. The molecule has 0 aliphatic rings. The van der Waals surface area contributed by atoms with Gasteiger partial charge in [0.2, 0.25) is 5.91 Å². The van der Waals surface area contributed by atoms with Crippen molar-refractivity contribution in [2.75, 3.05) is 26.4 Å². The van der Waals surface area contributed by atoms with E-state index >= 15 is 0 Å². The third-order valence-corrected chi connectivity index (χ3v) is 3.44. The number of hydrogen-bond donors (Lipinski definition) is 2. The van der Waals surface area contributed by atoms with Gasteiger partial charge in [0, 0.05) is 12.6 Å². The predicted molar refractivity (Wildman–Crippen MR) is 70.9 cm³/mol. The van der Waals surface area contributed by atoms with Crippen molar-refractivity contribution in [1.29, 1.82) is 0 Å². The van der Waals surface area contributed by atoms with Crippen LogP contribution in [0.5, 0.6) is 0 Å². The molecule has 0 aliphatic carbocycles.